The lowest BCUT2D eigenvalue weighted by Crippen LogP contribution is -2.67. The van der Waals surface area contributed by atoms with Gasteiger partial charge in [0.25, 0.3) is 0 Å². The predicted octanol–water partition coefficient (Wildman–Crippen LogP) is 5.49. The zero-order valence-corrected chi connectivity index (χ0v) is 20.6. The van der Waals surface area contributed by atoms with Gasteiger partial charge in [0.15, 0.2) is 11.6 Å². The van der Waals surface area contributed by atoms with Crippen LogP contribution in [0.4, 0.5) is 0 Å². The maximum Gasteiger partial charge on any atom is 0.311 e. The van der Waals surface area contributed by atoms with Crippen LogP contribution in [0, 0.1) is 51.8 Å². The maximum absolute atomic E-state index is 13.5. The van der Waals surface area contributed by atoms with Crippen LogP contribution in [0.1, 0.15) is 66.2 Å². The Morgan fingerprint density at radius 2 is 1.88 bits per heavy atom. The molecule has 0 unspecified atom stereocenters. The van der Waals surface area contributed by atoms with Gasteiger partial charge in [-0.15, -0.1) is 0 Å². The van der Waals surface area contributed by atoms with Crippen molar-refractivity contribution in [2.24, 2.45) is 51.8 Å². The molecule has 0 heterocycles. The van der Waals surface area contributed by atoms with E-state index in [1.54, 1.807) is 0 Å². The molecule has 4 nitrogen and oxygen atoms in total. The van der Waals surface area contributed by atoms with Crippen LogP contribution >= 0.6 is 11.6 Å². The Morgan fingerprint density at radius 1 is 1.16 bits per heavy atom. The maximum atomic E-state index is 13.5. The zero-order chi connectivity index (χ0) is 23.2. The van der Waals surface area contributed by atoms with Gasteiger partial charge < -0.3 is 4.74 Å². The Bertz CT molecular complexity index is 963. The molecule has 3 fully saturated rings. The highest BCUT2D eigenvalue weighted by Gasteiger charge is 2.71. The quantitative estimate of drug-likeness (QED) is 0.405. The number of hydrogen-bond acceptors (Lipinski definition) is 4. The Kier molecular flexibility index (Phi) is 4.92. The highest BCUT2D eigenvalue weighted by atomic mass is 35.5. The third kappa shape index (κ3) is 2.59. The second kappa shape index (κ2) is 7.04. The third-order valence-corrected chi connectivity index (χ3v) is 10.7. The summed E-state index contributed by atoms with van der Waals surface area (Å²) in [6.07, 6.45) is 9.33. The number of carbonyl (C=O) groups is 3. The van der Waals surface area contributed by atoms with Crippen molar-refractivity contribution in [3.8, 4) is 0 Å². The molecular formula is C27H35ClO4. The fraction of sp³-hybridized carbons (Fsp3) is 0.741. The predicted molar refractivity (Wildman–Crippen MR) is 123 cm³/mol. The summed E-state index contributed by atoms with van der Waals surface area (Å²) in [6, 6.07) is 0. The van der Waals surface area contributed by atoms with Gasteiger partial charge in [-0.3, -0.25) is 14.4 Å². The normalized spacial score (nSPS) is 47.3. The van der Waals surface area contributed by atoms with E-state index >= 15 is 0 Å². The van der Waals surface area contributed by atoms with Crippen molar-refractivity contribution in [3.63, 3.8) is 0 Å². The van der Waals surface area contributed by atoms with E-state index in [4.69, 9.17) is 16.3 Å². The summed E-state index contributed by atoms with van der Waals surface area (Å²) >= 11 is 6.33. The Hall–Kier alpha value is -1.42. The first kappa shape index (κ1) is 22.4. The average Bonchev–Trinajstić information content (AvgIpc) is 2.75. The van der Waals surface area contributed by atoms with Gasteiger partial charge in [-0.1, -0.05) is 50.4 Å². The summed E-state index contributed by atoms with van der Waals surface area (Å²) in [5.74, 6) is 0.180. The SMILES string of the molecule is COC(=O)[C@]1(C)CCC[C@@]2(C)[C@H]1CC[C@]13C=C(C(C)C)[C@H](C[C@@H]21)[C@H]1C(=O)C=C(Cl)C(=O)[C@@H]13. The van der Waals surface area contributed by atoms with E-state index in [2.05, 4.69) is 33.8 Å². The number of Topliss-reactive ketones (excluding diaryl/α,β-unsaturated/α-hetero) is 1. The van der Waals surface area contributed by atoms with Crippen molar-refractivity contribution in [3.05, 3.63) is 22.8 Å². The van der Waals surface area contributed by atoms with Gasteiger partial charge in [-0.25, -0.2) is 0 Å². The van der Waals surface area contributed by atoms with Gasteiger partial charge in [0.05, 0.1) is 17.6 Å². The first-order chi connectivity index (χ1) is 15.0. The summed E-state index contributed by atoms with van der Waals surface area (Å²) in [4.78, 5) is 39.7. The number of halogens is 1. The van der Waals surface area contributed by atoms with Gasteiger partial charge in [-0.2, -0.15) is 0 Å². The second-order valence-corrected chi connectivity index (χ2v) is 12.3. The zero-order valence-electron chi connectivity index (χ0n) is 19.9. The molecule has 8 atom stereocenters. The van der Waals surface area contributed by atoms with E-state index in [-0.39, 0.29) is 63.0 Å². The van der Waals surface area contributed by atoms with Crippen LogP contribution in [0.25, 0.3) is 0 Å². The number of ketones is 2. The number of methoxy groups -OCH3 is 1. The fourth-order valence-corrected chi connectivity index (χ4v) is 9.52. The largest absolute Gasteiger partial charge is 0.469 e. The first-order valence-corrected chi connectivity index (χ1v) is 12.7. The van der Waals surface area contributed by atoms with Gasteiger partial charge in [-0.05, 0) is 68.1 Å². The summed E-state index contributed by atoms with van der Waals surface area (Å²) in [7, 11) is 1.50. The molecular weight excluding hydrogens is 424 g/mol. The van der Waals surface area contributed by atoms with Crippen molar-refractivity contribution in [2.75, 3.05) is 7.11 Å². The van der Waals surface area contributed by atoms with Gasteiger partial charge in [0, 0.05) is 23.3 Å². The minimum atomic E-state index is -0.492. The molecule has 0 amide bonds. The van der Waals surface area contributed by atoms with Gasteiger partial charge in [0.2, 0.25) is 0 Å². The fourth-order valence-electron chi connectivity index (χ4n) is 9.29. The lowest BCUT2D eigenvalue weighted by molar-refractivity contribution is -0.199. The molecule has 0 aromatic carbocycles. The number of carbonyl (C=O) groups excluding carboxylic acids is 3. The van der Waals surface area contributed by atoms with Crippen LogP contribution in [0.15, 0.2) is 22.8 Å². The van der Waals surface area contributed by atoms with E-state index < -0.39 is 5.41 Å². The molecule has 0 aromatic heterocycles. The average molecular weight is 459 g/mol. The number of fused-ring (bicyclic) bond motifs is 1. The van der Waals surface area contributed by atoms with E-state index in [1.807, 2.05) is 0 Å². The van der Waals surface area contributed by atoms with Crippen molar-refractivity contribution in [1.29, 1.82) is 0 Å². The summed E-state index contributed by atoms with van der Waals surface area (Å²) in [6.45, 7) is 8.85. The molecule has 5 heteroatoms. The topological polar surface area (TPSA) is 60.4 Å². The lowest BCUT2D eigenvalue weighted by atomic mass is 9.33. The molecule has 1 spiro atoms. The molecule has 0 aliphatic heterocycles. The van der Waals surface area contributed by atoms with E-state index in [9.17, 15) is 14.4 Å². The second-order valence-electron chi connectivity index (χ2n) is 11.9. The molecule has 6 rings (SSSR count). The summed E-state index contributed by atoms with van der Waals surface area (Å²) < 4.78 is 5.29. The number of rotatable bonds is 2. The molecule has 6 aliphatic carbocycles. The Labute approximate surface area is 196 Å². The number of hydrogen-bond donors (Lipinski definition) is 0. The molecule has 174 valence electrons. The summed E-state index contributed by atoms with van der Waals surface area (Å²) in [5.41, 5.74) is 0.440. The minimum Gasteiger partial charge on any atom is -0.469 e. The van der Waals surface area contributed by atoms with Crippen LogP contribution in [-0.4, -0.2) is 24.6 Å². The van der Waals surface area contributed by atoms with E-state index in [0.717, 1.165) is 38.5 Å². The number of allylic oxidation sites excluding steroid dienone is 4. The van der Waals surface area contributed by atoms with Crippen LogP contribution in [0.3, 0.4) is 0 Å². The van der Waals surface area contributed by atoms with Crippen molar-refractivity contribution in [2.45, 2.75) is 66.2 Å². The smallest absolute Gasteiger partial charge is 0.311 e. The molecule has 0 aromatic rings. The van der Waals surface area contributed by atoms with Crippen molar-refractivity contribution < 1.29 is 19.1 Å². The third-order valence-electron chi connectivity index (χ3n) is 10.4. The van der Waals surface area contributed by atoms with E-state index in [0.29, 0.717) is 5.92 Å². The molecule has 32 heavy (non-hydrogen) atoms. The number of ether oxygens (including phenoxy) is 1. The molecule has 3 saturated carbocycles. The van der Waals surface area contributed by atoms with Gasteiger partial charge >= 0.3 is 5.97 Å². The lowest BCUT2D eigenvalue weighted by Gasteiger charge is -2.69. The van der Waals surface area contributed by atoms with Gasteiger partial charge in [0.1, 0.15) is 0 Å². The van der Waals surface area contributed by atoms with Crippen LogP contribution in [0.5, 0.6) is 0 Å². The van der Waals surface area contributed by atoms with Crippen LogP contribution in [-0.2, 0) is 19.1 Å². The highest BCUT2D eigenvalue weighted by molar-refractivity contribution is 6.45. The van der Waals surface area contributed by atoms with Crippen molar-refractivity contribution >= 4 is 29.1 Å². The monoisotopic (exact) mass is 458 g/mol. The Balaban J connectivity index is 1.67. The molecule has 0 N–H and O–H groups in total. The van der Waals surface area contributed by atoms with Crippen molar-refractivity contribution in [1.82, 2.24) is 0 Å². The Morgan fingerprint density at radius 3 is 2.53 bits per heavy atom. The molecule has 6 aliphatic rings. The summed E-state index contributed by atoms with van der Waals surface area (Å²) in [5, 5.41) is 0.103. The van der Waals surface area contributed by atoms with Crippen LogP contribution in [0.2, 0.25) is 0 Å². The van der Waals surface area contributed by atoms with E-state index in [1.165, 1.54) is 18.8 Å². The molecule has 0 radical (unpaired) electrons. The first-order valence-electron chi connectivity index (χ1n) is 12.3. The standard InChI is InChI=1S/C27H35ClO4/c1-14(2)16-13-27-10-7-19-25(3,8-6-9-26(19,4)24(31)32-5)20(27)11-15(16)21-18(29)12-17(28)23(30)22(21)27/h12-15,19-22H,6-11H2,1-5H3/t15-,19+,20-,21-,22+,25-,26+,27-/m0/s1. The highest BCUT2D eigenvalue weighted by Crippen LogP contribution is 2.74. The number of esters is 1. The van der Waals surface area contributed by atoms with Crippen LogP contribution < -0.4 is 0 Å². The molecule has 2 bridgehead atoms. The minimum absolute atomic E-state index is 0.0315. The molecule has 0 saturated heterocycles.